The predicted octanol–water partition coefficient (Wildman–Crippen LogP) is 0.169. The van der Waals surface area contributed by atoms with Gasteiger partial charge < -0.3 is 16.2 Å². The highest BCUT2D eigenvalue weighted by molar-refractivity contribution is 6.06. The zero-order valence-corrected chi connectivity index (χ0v) is 11.0. The Hall–Kier alpha value is -2.84. The maximum Gasteiger partial charge on any atom is 0.356 e. The Morgan fingerprint density at radius 3 is 2.70 bits per heavy atom. The molecule has 0 saturated carbocycles. The van der Waals surface area contributed by atoms with E-state index in [1.165, 1.54) is 21.6 Å². The van der Waals surface area contributed by atoms with Gasteiger partial charge in [0.05, 0.1) is 11.9 Å². The van der Waals surface area contributed by atoms with Crippen molar-refractivity contribution in [1.82, 2.24) is 19.6 Å². The van der Waals surface area contributed by atoms with E-state index in [0.29, 0.717) is 6.54 Å². The van der Waals surface area contributed by atoms with Gasteiger partial charge in [-0.05, 0) is 6.92 Å². The highest BCUT2D eigenvalue weighted by Crippen LogP contribution is 2.16. The zero-order valence-electron chi connectivity index (χ0n) is 11.0. The molecule has 0 aromatic carbocycles. The van der Waals surface area contributed by atoms with Crippen LogP contribution in [0.1, 0.15) is 27.9 Å². The lowest BCUT2D eigenvalue weighted by molar-refractivity contribution is 0.0684. The third-order valence-corrected chi connectivity index (χ3v) is 2.72. The highest BCUT2D eigenvalue weighted by Gasteiger charge is 2.20. The normalized spacial score (nSPS) is 10.5. The molecule has 106 valence electrons. The molecule has 1 amide bonds. The van der Waals surface area contributed by atoms with Crippen molar-refractivity contribution >= 4 is 23.4 Å². The Balaban J connectivity index is 2.31. The smallest absolute Gasteiger partial charge is 0.356 e. The number of nitrogens with zero attached hydrogens (tertiary/aromatic N) is 4. The summed E-state index contributed by atoms with van der Waals surface area (Å²) in [6.45, 7) is 2.14. The number of aromatic carboxylic acids is 1. The number of amides is 1. The fourth-order valence-electron chi connectivity index (χ4n) is 1.83. The first-order chi connectivity index (χ1) is 9.43. The molecule has 2 aromatic heterocycles. The Morgan fingerprint density at radius 1 is 1.50 bits per heavy atom. The summed E-state index contributed by atoms with van der Waals surface area (Å²) in [7, 11) is 1.57. The Morgan fingerprint density at radius 2 is 2.20 bits per heavy atom. The molecule has 0 spiro atoms. The lowest BCUT2D eigenvalue weighted by Gasteiger charge is -2.05. The molecule has 0 radical (unpaired) electrons. The number of carboxylic acid groups (broad SMARTS) is 1. The van der Waals surface area contributed by atoms with Gasteiger partial charge in [-0.1, -0.05) is 0 Å². The number of carbonyl (C=O) groups is 2. The maximum absolute atomic E-state index is 12.1. The van der Waals surface area contributed by atoms with Gasteiger partial charge in [0.2, 0.25) is 0 Å². The summed E-state index contributed by atoms with van der Waals surface area (Å²) in [6, 6.07) is 1.40. The molecule has 0 atom stereocenters. The molecule has 0 bridgehead atoms. The number of carboxylic acids is 1. The first-order valence-electron chi connectivity index (χ1n) is 5.84. The maximum atomic E-state index is 12.1. The van der Waals surface area contributed by atoms with Crippen LogP contribution in [0.4, 0.5) is 11.5 Å². The molecule has 0 unspecified atom stereocenters. The van der Waals surface area contributed by atoms with Gasteiger partial charge in [0.1, 0.15) is 11.5 Å². The van der Waals surface area contributed by atoms with Gasteiger partial charge in [-0.25, -0.2) is 4.79 Å². The van der Waals surface area contributed by atoms with Crippen LogP contribution in [0.25, 0.3) is 0 Å². The molecule has 2 rings (SSSR count). The second-order valence-electron chi connectivity index (χ2n) is 4.06. The van der Waals surface area contributed by atoms with Crippen molar-refractivity contribution in [1.29, 1.82) is 0 Å². The second kappa shape index (κ2) is 5.03. The highest BCUT2D eigenvalue weighted by atomic mass is 16.4. The van der Waals surface area contributed by atoms with E-state index >= 15 is 0 Å². The predicted molar refractivity (Wildman–Crippen MR) is 70.4 cm³/mol. The number of hydrogen-bond acceptors (Lipinski definition) is 5. The number of aryl methyl sites for hydroxylation is 2. The average molecular weight is 278 g/mol. The van der Waals surface area contributed by atoms with E-state index in [2.05, 4.69) is 15.5 Å². The number of nitrogen functional groups attached to an aromatic ring is 1. The van der Waals surface area contributed by atoms with Crippen molar-refractivity contribution in [3.63, 3.8) is 0 Å². The van der Waals surface area contributed by atoms with Crippen LogP contribution in [0.3, 0.4) is 0 Å². The van der Waals surface area contributed by atoms with Crippen molar-refractivity contribution in [2.75, 3.05) is 11.1 Å². The molecular weight excluding hydrogens is 264 g/mol. The van der Waals surface area contributed by atoms with Crippen LogP contribution < -0.4 is 11.1 Å². The van der Waals surface area contributed by atoms with E-state index in [4.69, 9.17) is 10.8 Å². The minimum Gasteiger partial charge on any atom is -0.476 e. The SMILES string of the molecule is CCn1ncc(NC(=O)c2cc(N)nn2C)c1C(=O)O. The van der Waals surface area contributed by atoms with Gasteiger partial charge >= 0.3 is 5.97 Å². The molecule has 9 nitrogen and oxygen atoms in total. The first-order valence-corrected chi connectivity index (χ1v) is 5.84. The molecule has 2 heterocycles. The van der Waals surface area contributed by atoms with Gasteiger partial charge in [-0.3, -0.25) is 14.2 Å². The lowest BCUT2D eigenvalue weighted by Crippen LogP contribution is -2.18. The molecule has 9 heteroatoms. The summed E-state index contributed by atoms with van der Waals surface area (Å²) < 4.78 is 2.60. The Bertz CT molecular complexity index is 672. The molecule has 0 aliphatic heterocycles. The van der Waals surface area contributed by atoms with Crippen LogP contribution in [0.2, 0.25) is 0 Å². The summed E-state index contributed by atoms with van der Waals surface area (Å²) in [5.41, 5.74) is 5.77. The van der Waals surface area contributed by atoms with E-state index in [0.717, 1.165) is 0 Å². The first kappa shape index (κ1) is 13.6. The van der Waals surface area contributed by atoms with E-state index in [1.807, 2.05) is 0 Å². The lowest BCUT2D eigenvalue weighted by atomic mass is 10.3. The molecule has 0 aliphatic rings. The summed E-state index contributed by atoms with van der Waals surface area (Å²) in [4.78, 5) is 23.3. The minimum absolute atomic E-state index is 0.0732. The van der Waals surface area contributed by atoms with Crippen LogP contribution in [0.15, 0.2) is 12.3 Å². The summed E-state index contributed by atoms with van der Waals surface area (Å²) >= 11 is 0. The summed E-state index contributed by atoms with van der Waals surface area (Å²) in [5.74, 6) is -1.46. The monoisotopic (exact) mass is 278 g/mol. The van der Waals surface area contributed by atoms with Crippen LogP contribution in [-0.4, -0.2) is 36.5 Å². The number of anilines is 2. The standard InChI is InChI=1S/C11H14N6O3/c1-3-17-9(11(19)20)6(5-13-17)14-10(18)7-4-8(12)15-16(7)2/h4-5H,3H2,1-2H3,(H2,12,15)(H,14,18)(H,19,20). The van der Waals surface area contributed by atoms with Crippen molar-refractivity contribution < 1.29 is 14.7 Å². The largest absolute Gasteiger partial charge is 0.476 e. The molecule has 2 aromatic rings. The van der Waals surface area contributed by atoms with Crippen LogP contribution in [0, 0.1) is 0 Å². The molecule has 0 fully saturated rings. The molecule has 4 N–H and O–H groups in total. The fourth-order valence-corrected chi connectivity index (χ4v) is 1.83. The van der Waals surface area contributed by atoms with Crippen LogP contribution in [0.5, 0.6) is 0 Å². The number of hydrogen-bond donors (Lipinski definition) is 3. The molecule has 20 heavy (non-hydrogen) atoms. The van der Waals surface area contributed by atoms with Crippen molar-refractivity contribution in [3.8, 4) is 0 Å². The molecule has 0 aliphatic carbocycles. The van der Waals surface area contributed by atoms with Crippen LogP contribution in [-0.2, 0) is 13.6 Å². The Labute approximate surface area is 114 Å². The van der Waals surface area contributed by atoms with Crippen molar-refractivity contribution in [2.45, 2.75) is 13.5 Å². The molecular formula is C11H14N6O3. The number of carbonyl (C=O) groups excluding carboxylic acids is 1. The summed E-state index contributed by atoms with van der Waals surface area (Å²) in [6.07, 6.45) is 1.30. The van der Waals surface area contributed by atoms with Crippen molar-refractivity contribution in [3.05, 3.63) is 23.7 Å². The van der Waals surface area contributed by atoms with Gasteiger partial charge in [-0.15, -0.1) is 0 Å². The van der Waals surface area contributed by atoms with E-state index < -0.39 is 11.9 Å². The molecule has 0 saturated heterocycles. The van der Waals surface area contributed by atoms with Gasteiger partial charge in [0.15, 0.2) is 5.69 Å². The third-order valence-electron chi connectivity index (χ3n) is 2.72. The number of rotatable bonds is 4. The Kier molecular flexibility index (Phi) is 3.42. The van der Waals surface area contributed by atoms with Gasteiger partial charge in [0.25, 0.3) is 5.91 Å². The average Bonchev–Trinajstić information content (AvgIpc) is 2.92. The van der Waals surface area contributed by atoms with Crippen molar-refractivity contribution in [2.24, 2.45) is 7.05 Å². The second-order valence-corrected chi connectivity index (χ2v) is 4.06. The van der Waals surface area contributed by atoms with Crippen LogP contribution >= 0.6 is 0 Å². The number of aromatic nitrogens is 4. The topological polar surface area (TPSA) is 128 Å². The number of nitrogens with two attached hydrogens (primary N) is 1. The quantitative estimate of drug-likeness (QED) is 0.731. The number of nitrogens with one attached hydrogen (secondary N) is 1. The van der Waals surface area contributed by atoms with Gasteiger partial charge in [0, 0.05) is 19.7 Å². The van der Waals surface area contributed by atoms with E-state index in [-0.39, 0.29) is 22.9 Å². The van der Waals surface area contributed by atoms with E-state index in [9.17, 15) is 9.59 Å². The van der Waals surface area contributed by atoms with Gasteiger partial charge in [-0.2, -0.15) is 10.2 Å². The minimum atomic E-state index is -1.16. The zero-order chi connectivity index (χ0) is 14.9. The summed E-state index contributed by atoms with van der Waals surface area (Å²) in [5, 5.41) is 19.4. The fraction of sp³-hybridized carbons (Fsp3) is 0.273. The third kappa shape index (κ3) is 2.32. The van der Waals surface area contributed by atoms with E-state index in [1.54, 1.807) is 14.0 Å².